The highest BCUT2D eigenvalue weighted by Gasteiger charge is 2.34. The Hall–Kier alpha value is -4.44. The van der Waals surface area contributed by atoms with Crippen molar-refractivity contribution in [3.8, 4) is 17.3 Å². The van der Waals surface area contributed by atoms with Crippen LogP contribution in [0.2, 0.25) is 0 Å². The van der Waals surface area contributed by atoms with Crippen molar-refractivity contribution in [1.29, 1.82) is 5.26 Å². The number of hydrogen-bond acceptors (Lipinski definition) is 8. The van der Waals surface area contributed by atoms with Crippen molar-refractivity contribution in [3.05, 3.63) is 58.5 Å². The van der Waals surface area contributed by atoms with Gasteiger partial charge < -0.3 is 14.9 Å². The van der Waals surface area contributed by atoms with Crippen LogP contribution in [0.1, 0.15) is 35.0 Å². The molecule has 202 valence electrons. The summed E-state index contributed by atoms with van der Waals surface area (Å²) in [5.74, 6) is -0.771. The largest absolute Gasteiger partial charge is 0.394 e. The second-order valence-electron chi connectivity index (χ2n) is 9.39. The first kappa shape index (κ1) is 26.2. The van der Waals surface area contributed by atoms with E-state index in [1.807, 2.05) is 11.0 Å². The van der Waals surface area contributed by atoms with Gasteiger partial charge >= 0.3 is 6.03 Å². The molecule has 13 heteroatoms. The van der Waals surface area contributed by atoms with E-state index in [1.54, 1.807) is 35.7 Å². The maximum atomic E-state index is 14.8. The normalized spacial score (nSPS) is 17.1. The number of carbonyl (C=O) groups excluding carboxylic acids is 1. The van der Waals surface area contributed by atoms with E-state index < -0.39 is 17.7 Å². The average Bonchev–Trinajstić information content (AvgIpc) is 3.53. The van der Waals surface area contributed by atoms with E-state index >= 15 is 0 Å². The number of aromatic nitrogens is 4. The minimum atomic E-state index is -0.572. The number of urea groups is 1. The van der Waals surface area contributed by atoms with E-state index in [0.717, 1.165) is 12.3 Å². The Bertz CT molecular complexity index is 1470. The molecule has 1 aromatic carbocycles. The highest BCUT2D eigenvalue weighted by Crippen LogP contribution is 2.32. The molecule has 39 heavy (non-hydrogen) atoms. The number of piperazine rings is 1. The zero-order chi connectivity index (χ0) is 27.7. The van der Waals surface area contributed by atoms with Gasteiger partial charge in [-0.1, -0.05) is 0 Å². The van der Waals surface area contributed by atoms with Crippen LogP contribution in [0.25, 0.3) is 11.3 Å². The molecule has 2 aliphatic rings. The van der Waals surface area contributed by atoms with Crippen molar-refractivity contribution in [2.75, 3.05) is 37.7 Å². The highest BCUT2D eigenvalue weighted by molar-refractivity contribution is 5.79. The van der Waals surface area contributed by atoms with Gasteiger partial charge in [-0.3, -0.25) is 4.68 Å². The van der Waals surface area contributed by atoms with Crippen LogP contribution in [0, 0.1) is 36.8 Å². The van der Waals surface area contributed by atoms with Gasteiger partial charge in [0.1, 0.15) is 11.5 Å². The molecule has 11 nitrogen and oxygen atoms in total. The predicted molar refractivity (Wildman–Crippen MR) is 138 cm³/mol. The lowest BCUT2D eigenvalue weighted by atomic mass is 10.0. The molecule has 5 rings (SSSR count). The van der Waals surface area contributed by atoms with Crippen molar-refractivity contribution in [3.63, 3.8) is 0 Å². The molecular formula is C26H27F2N9O2. The Labute approximate surface area is 223 Å². The number of amides is 2. The van der Waals surface area contributed by atoms with Crippen LogP contribution in [0.4, 0.5) is 19.5 Å². The van der Waals surface area contributed by atoms with Gasteiger partial charge in [-0.25, -0.2) is 28.6 Å². The van der Waals surface area contributed by atoms with E-state index in [2.05, 4.69) is 20.2 Å². The van der Waals surface area contributed by atoms with Crippen LogP contribution in [-0.4, -0.2) is 79.8 Å². The maximum Gasteiger partial charge on any atom is 0.341 e. The molecule has 1 atom stereocenters. The van der Waals surface area contributed by atoms with Crippen LogP contribution < -0.4 is 4.90 Å². The van der Waals surface area contributed by atoms with Crippen molar-refractivity contribution >= 4 is 18.2 Å². The monoisotopic (exact) mass is 535 g/mol. The summed E-state index contributed by atoms with van der Waals surface area (Å²) >= 11 is 0. The Kier molecular flexibility index (Phi) is 7.21. The molecule has 0 spiro atoms. The van der Waals surface area contributed by atoms with Gasteiger partial charge in [-0.05, 0) is 37.6 Å². The van der Waals surface area contributed by atoms with E-state index in [0.29, 0.717) is 67.6 Å². The quantitative estimate of drug-likeness (QED) is 0.532. The Balaban J connectivity index is 1.30. The minimum absolute atomic E-state index is 0.0888. The van der Waals surface area contributed by atoms with Gasteiger partial charge in [0, 0.05) is 50.1 Å². The lowest BCUT2D eigenvalue weighted by Crippen LogP contribution is -2.52. The summed E-state index contributed by atoms with van der Waals surface area (Å²) in [6.45, 7) is 5.31. The molecule has 0 bridgehead atoms. The van der Waals surface area contributed by atoms with Crippen LogP contribution in [0.15, 0.2) is 29.5 Å². The van der Waals surface area contributed by atoms with E-state index in [4.69, 9.17) is 0 Å². The van der Waals surface area contributed by atoms with Crippen LogP contribution >= 0.6 is 0 Å². The number of halogens is 2. The van der Waals surface area contributed by atoms with Crippen LogP contribution in [0.5, 0.6) is 0 Å². The first-order valence-corrected chi connectivity index (χ1v) is 12.5. The number of nitriles is 1. The number of benzene rings is 1. The number of aliphatic hydroxyl groups excluding tert-OH is 1. The van der Waals surface area contributed by atoms with Gasteiger partial charge in [0.05, 0.1) is 42.7 Å². The lowest BCUT2D eigenvalue weighted by Gasteiger charge is -2.37. The minimum Gasteiger partial charge on any atom is -0.394 e. The van der Waals surface area contributed by atoms with Crippen molar-refractivity contribution < 1.29 is 18.7 Å². The van der Waals surface area contributed by atoms with Gasteiger partial charge in [0.25, 0.3) is 0 Å². The van der Waals surface area contributed by atoms with E-state index in [9.17, 15) is 23.9 Å². The number of hydrazone groups is 1. The summed E-state index contributed by atoms with van der Waals surface area (Å²) in [6, 6.07) is 5.16. The molecule has 1 unspecified atom stereocenters. The molecule has 2 amide bonds. The standard InChI is InChI=1S/C26H27F2N9O2/c1-16-23(17(2)36(33-16)9-10-38)24-21(28)15-30-25(32-24)34-5-7-35(8-6-34)26(39)37-22(3-4-31-37)19-11-18(14-29)12-20(27)13-19/h4,11-13,15,22,38H,3,5-10H2,1-2H3. The number of hydrogen-bond donors (Lipinski definition) is 1. The first-order chi connectivity index (χ1) is 18.8. The van der Waals surface area contributed by atoms with Gasteiger partial charge in [-0.15, -0.1) is 0 Å². The topological polar surface area (TPSA) is 127 Å². The number of carbonyl (C=O) groups is 1. The van der Waals surface area contributed by atoms with E-state index in [-0.39, 0.29) is 23.9 Å². The molecule has 1 saturated heterocycles. The molecule has 2 aromatic heterocycles. The first-order valence-electron chi connectivity index (χ1n) is 12.5. The Morgan fingerprint density at radius 1 is 1.18 bits per heavy atom. The van der Waals surface area contributed by atoms with E-state index in [1.165, 1.54) is 11.1 Å². The number of aryl methyl sites for hydroxylation is 1. The molecule has 2 aliphatic heterocycles. The van der Waals surface area contributed by atoms with Crippen molar-refractivity contribution in [2.45, 2.75) is 32.9 Å². The van der Waals surface area contributed by atoms with Gasteiger partial charge in [0.2, 0.25) is 5.95 Å². The second-order valence-corrected chi connectivity index (χ2v) is 9.39. The van der Waals surface area contributed by atoms with Gasteiger partial charge in [-0.2, -0.15) is 15.5 Å². The third kappa shape index (κ3) is 5.03. The molecule has 4 heterocycles. The highest BCUT2D eigenvalue weighted by atomic mass is 19.1. The van der Waals surface area contributed by atoms with Crippen LogP contribution in [0.3, 0.4) is 0 Å². The summed E-state index contributed by atoms with van der Waals surface area (Å²) in [4.78, 5) is 25.6. The predicted octanol–water partition coefficient (Wildman–Crippen LogP) is 2.77. The molecule has 3 aromatic rings. The van der Waals surface area contributed by atoms with Crippen molar-refractivity contribution in [2.24, 2.45) is 5.10 Å². The molecule has 1 fully saturated rings. The van der Waals surface area contributed by atoms with Crippen molar-refractivity contribution in [1.82, 2.24) is 29.7 Å². The summed E-state index contributed by atoms with van der Waals surface area (Å²) in [7, 11) is 0. The summed E-state index contributed by atoms with van der Waals surface area (Å²) in [6.07, 6.45) is 3.16. The molecular weight excluding hydrogens is 508 g/mol. The zero-order valence-electron chi connectivity index (χ0n) is 21.6. The average molecular weight is 536 g/mol. The molecule has 0 radical (unpaired) electrons. The smallest absolute Gasteiger partial charge is 0.341 e. The fourth-order valence-electron chi connectivity index (χ4n) is 5.02. The molecule has 0 saturated carbocycles. The SMILES string of the molecule is Cc1nn(CCO)c(C)c1-c1nc(N2CCN(C(=O)N3N=CCC3c3cc(F)cc(C#N)c3)CC2)ncc1F. The number of anilines is 1. The molecule has 0 aliphatic carbocycles. The summed E-state index contributed by atoms with van der Waals surface area (Å²) in [5.41, 5.74) is 2.69. The summed E-state index contributed by atoms with van der Waals surface area (Å²) < 4.78 is 30.5. The summed E-state index contributed by atoms with van der Waals surface area (Å²) in [5, 5.41) is 28.4. The third-order valence-electron chi connectivity index (χ3n) is 6.95. The Morgan fingerprint density at radius 2 is 1.95 bits per heavy atom. The lowest BCUT2D eigenvalue weighted by molar-refractivity contribution is 0.139. The maximum absolute atomic E-state index is 14.8. The van der Waals surface area contributed by atoms with Gasteiger partial charge in [0.15, 0.2) is 5.82 Å². The zero-order valence-corrected chi connectivity index (χ0v) is 21.6. The number of rotatable bonds is 5. The molecule has 1 N–H and O–H groups in total. The second kappa shape index (κ2) is 10.7. The van der Waals surface area contributed by atoms with Crippen LogP contribution in [-0.2, 0) is 6.54 Å². The third-order valence-corrected chi connectivity index (χ3v) is 6.95. The Morgan fingerprint density at radius 3 is 2.67 bits per heavy atom. The fraction of sp³-hybridized carbons (Fsp3) is 0.385. The fourth-order valence-corrected chi connectivity index (χ4v) is 5.02. The number of aliphatic hydroxyl groups is 1. The number of nitrogens with zero attached hydrogens (tertiary/aromatic N) is 9.